The number of nitrogens with zero attached hydrogens (tertiary/aromatic N) is 2. The molecule has 0 aliphatic carbocycles. The zero-order valence-corrected chi connectivity index (χ0v) is 16.7. The maximum absolute atomic E-state index is 11.6. The SMILES string of the molecule is CC(=O)N1CCC(N(CCC(C)C)C(=S)Nc2ccccc2C)CC1. The number of carbonyl (C=O) groups is 1. The van der Waals surface area contributed by atoms with Gasteiger partial charge in [0, 0.05) is 38.3 Å². The third kappa shape index (κ3) is 5.70. The van der Waals surface area contributed by atoms with Crippen LogP contribution in [0.3, 0.4) is 0 Å². The summed E-state index contributed by atoms with van der Waals surface area (Å²) in [5.41, 5.74) is 2.27. The minimum atomic E-state index is 0.174. The van der Waals surface area contributed by atoms with Crippen molar-refractivity contribution in [1.82, 2.24) is 9.80 Å². The first kappa shape index (κ1) is 19.7. The quantitative estimate of drug-likeness (QED) is 0.803. The summed E-state index contributed by atoms with van der Waals surface area (Å²) >= 11 is 5.77. The zero-order valence-electron chi connectivity index (χ0n) is 15.9. The van der Waals surface area contributed by atoms with Crippen LogP contribution in [0.15, 0.2) is 24.3 Å². The lowest BCUT2D eigenvalue weighted by Crippen LogP contribution is -2.50. The van der Waals surface area contributed by atoms with Gasteiger partial charge in [0.1, 0.15) is 0 Å². The van der Waals surface area contributed by atoms with Gasteiger partial charge in [0.15, 0.2) is 5.11 Å². The number of hydrogen-bond donors (Lipinski definition) is 1. The van der Waals surface area contributed by atoms with Crippen LogP contribution in [-0.2, 0) is 4.79 Å². The highest BCUT2D eigenvalue weighted by atomic mass is 32.1. The second kappa shape index (κ2) is 9.18. The van der Waals surface area contributed by atoms with E-state index in [1.165, 1.54) is 5.56 Å². The largest absolute Gasteiger partial charge is 0.346 e. The minimum absolute atomic E-state index is 0.174. The van der Waals surface area contributed by atoms with Crippen molar-refractivity contribution in [3.05, 3.63) is 29.8 Å². The number of aryl methyl sites for hydroxylation is 1. The van der Waals surface area contributed by atoms with Crippen molar-refractivity contribution in [3.63, 3.8) is 0 Å². The van der Waals surface area contributed by atoms with E-state index in [2.05, 4.69) is 43.1 Å². The second-order valence-electron chi connectivity index (χ2n) is 7.36. The maximum atomic E-state index is 11.6. The molecule has 1 aromatic carbocycles. The smallest absolute Gasteiger partial charge is 0.219 e. The van der Waals surface area contributed by atoms with E-state index >= 15 is 0 Å². The van der Waals surface area contributed by atoms with Gasteiger partial charge in [0.2, 0.25) is 5.91 Å². The van der Waals surface area contributed by atoms with Crippen molar-refractivity contribution in [3.8, 4) is 0 Å². The number of likely N-dealkylation sites (tertiary alicyclic amines) is 1. The van der Waals surface area contributed by atoms with E-state index in [0.717, 1.165) is 49.7 Å². The summed E-state index contributed by atoms with van der Waals surface area (Å²) in [6, 6.07) is 8.63. The third-order valence-corrected chi connectivity index (χ3v) is 5.28. The molecule has 0 saturated carbocycles. The molecule has 1 saturated heterocycles. The van der Waals surface area contributed by atoms with E-state index in [9.17, 15) is 4.79 Å². The lowest BCUT2D eigenvalue weighted by atomic mass is 10.0. The van der Waals surface area contributed by atoms with Crippen LogP contribution in [0, 0.1) is 12.8 Å². The Bertz CT molecular complexity index is 594. The van der Waals surface area contributed by atoms with Gasteiger partial charge in [-0.2, -0.15) is 0 Å². The number of rotatable bonds is 5. The average molecular weight is 362 g/mol. The lowest BCUT2D eigenvalue weighted by molar-refractivity contribution is -0.130. The number of piperidine rings is 1. The van der Waals surface area contributed by atoms with Crippen molar-refractivity contribution in [2.75, 3.05) is 25.0 Å². The molecule has 138 valence electrons. The Labute approximate surface area is 157 Å². The summed E-state index contributed by atoms with van der Waals surface area (Å²) < 4.78 is 0. The van der Waals surface area contributed by atoms with Crippen LogP contribution in [-0.4, -0.2) is 46.5 Å². The number of para-hydroxylation sites is 1. The molecule has 1 N–H and O–H groups in total. The summed E-state index contributed by atoms with van der Waals surface area (Å²) in [7, 11) is 0. The fourth-order valence-corrected chi connectivity index (χ4v) is 3.59. The molecule has 1 aliphatic heterocycles. The van der Waals surface area contributed by atoms with Gasteiger partial charge in [-0.05, 0) is 56.0 Å². The molecule has 1 fully saturated rings. The van der Waals surface area contributed by atoms with Gasteiger partial charge < -0.3 is 15.1 Å². The van der Waals surface area contributed by atoms with Gasteiger partial charge >= 0.3 is 0 Å². The van der Waals surface area contributed by atoms with Crippen molar-refractivity contribution < 1.29 is 4.79 Å². The molecule has 0 spiro atoms. The van der Waals surface area contributed by atoms with Crippen molar-refractivity contribution in [2.24, 2.45) is 5.92 Å². The van der Waals surface area contributed by atoms with Crippen LogP contribution in [0.1, 0.15) is 45.6 Å². The van der Waals surface area contributed by atoms with Crippen LogP contribution in [0.5, 0.6) is 0 Å². The van der Waals surface area contributed by atoms with E-state index in [1.807, 2.05) is 17.0 Å². The molecule has 1 amide bonds. The van der Waals surface area contributed by atoms with Crippen molar-refractivity contribution in [1.29, 1.82) is 0 Å². The topological polar surface area (TPSA) is 35.6 Å². The summed E-state index contributed by atoms with van der Waals surface area (Å²) in [5, 5.41) is 4.24. The van der Waals surface area contributed by atoms with Crippen molar-refractivity contribution >= 4 is 28.9 Å². The minimum Gasteiger partial charge on any atom is -0.346 e. The molecule has 1 heterocycles. The molecule has 0 unspecified atom stereocenters. The lowest BCUT2D eigenvalue weighted by Gasteiger charge is -2.40. The van der Waals surface area contributed by atoms with E-state index in [0.29, 0.717) is 12.0 Å². The Morgan fingerprint density at radius 3 is 2.52 bits per heavy atom. The van der Waals surface area contributed by atoms with Gasteiger partial charge in [0.25, 0.3) is 0 Å². The normalized spacial score (nSPS) is 15.3. The fraction of sp³-hybridized carbons (Fsp3) is 0.600. The molecular weight excluding hydrogens is 330 g/mol. The zero-order chi connectivity index (χ0) is 18.4. The van der Waals surface area contributed by atoms with Crippen LogP contribution < -0.4 is 5.32 Å². The summed E-state index contributed by atoms with van der Waals surface area (Å²) in [4.78, 5) is 15.9. The Balaban J connectivity index is 2.06. The van der Waals surface area contributed by atoms with E-state index in [4.69, 9.17) is 12.2 Å². The highest BCUT2D eigenvalue weighted by Gasteiger charge is 2.27. The molecule has 4 nitrogen and oxygen atoms in total. The fourth-order valence-electron chi connectivity index (χ4n) is 3.24. The van der Waals surface area contributed by atoms with Crippen LogP contribution in [0.2, 0.25) is 0 Å². The van der Waals surface area contributed by atoms with Gasteiger partial charge in [-0.1, -0.05) is 32.0 Å². The predicted molar refractivity (Wildman–Crippen MR) is 109 cm³/mol. The molecular formula is C20H31N3OS. The van der Waals surface area contributed by atoms with Gasteiger partial charge in [-0.15, -0.1) is 0 Å². The van der Waals surface area contributed by atoms with E-state index < -0.39 is 0 Å². The molecule has 0 radical (unpaired) electrons. The van der Waals surface area contributed by atoms with Crippen LogP contribution in [0.4, 0.5) is 5.69 Å². The average Bonchev–Trinajstić information content (AvgIpc) is 2.57. The first-order chi connectivity index (χ1) is 11.9. The number of nitrogens with one attached hydrogen (secondary N) is 1. The Morgan fingerprint density at radius 2 is 1.96 bits per heavy atom. The second-order valence-corrected chi connectivity index (χ2v) is 7.74. The molecule has 0 bridgehead atoms. The number of benzene rings is 1. The summed E-state index contributed by atoms with van der Waals surface area (Å²) in [5.74, 6) is 0.814. The Morgan fingerprint density at radius 1 is 1.32 bits per heavy atom. The predicted octanol–water partition coefficient (Wildman–Crippen LogP) is 4.05. The highest BCUT2D eigenvalue weighted by Crippen LogP contribution is 2.21. The Kier molecular flexibility index (Phi) is 7.24. The van der Waals surface area contributed by atoms with Gasteiger partial charge in [-0.3, -0.25) is 4.79 Å². The molecule has 0 aromatic heterocycles. The van der Waals surface area contributed by atoms with E-state index in [-0.39, 0.29) is 5.91 Å². The third-order valence-electron chi connectivity index (χ3n) is 4.95. The number of amides is 1. The van der Waals surface area contributed by atoms with Crippen molar-refractivity contribution in [2.45, 2.75) is 53.0 Å². The molecule has 5 heteroatoms. The first-order valence-electron chi connectivity index (χ1n) is 9.27. The molecule has 0 atom stereocenters. The van der Waals surface area contributed by atoms with Gasteiger partial charge in [-0.25, -0.2) is 0 Å². The van der Waals surface area contributed by atoms with Gasteiger partial charge in [0.05, 0.1) is 0 Å². The Hall–Kier alpha value is -1.62. The number of anilines is 1. The maximum Gasteiger partial charge on any atom is 0.219 e. The number of carbonyl (C=O) groups excluding carboxylic acids is 1. The molecule has 1 aromatic rings. The number of thiocarbonyl (C=S) groups is 1. The molecule has 1 aliphatic rings. The van der Waals surface area contributed by atoms with Crippen LogP contribution in [0.25, 0.3) is 0 Å². The summed E-state index contributed by atoms with van der Waals surface area (Å²) in [6.45, 7) is 10.8. The monoisotopic (exact) mass is 361 g/mol. The first-order valence-corrected chi connectivity index (χ1v) is 9.68. The van der Waals surface area contributed by atoms with Crippen LogP contribution >= 0.6 is 12.2 Å². The molecule has 2 rings (SSSR count). The standard InChI is InChI=1S/C20H31N3OS/c1-15(2)9-14-23(18-10-12-22(13-11-18)17(4)24)20(25)21-19-8-6-5-7-16(19)3/h5-8,15,18H,9-14H2,1-4H3,(H,21,25). The molecule has 25 heavy (non-hydrogen) atoms. The number of hydrogen-bond acceptors (Lipinski definition) is 2. The summed E-state index contributed by atoms with van der Waals surface area (Å²) in [6.07, 6.45) is 3.07. The highest BCUT2D eigenvalue weighted by molar-refractivity contribution is 7.80. The van der Waals surface area contributed by atoms with E-state index in [1.54, 1.807) is 6.92 Å².